The highest BCUT2D eigenvalue weighted by atomic mass is 79.9. The summed E-state index contributed by atoms with van der Waals surface area (Å²) in [6.07, 6.45) is 0. The van der Waals surface area contributed by atoms with Gasteiger partial charge in [0.25, 0.3) is 5.91 Å². The van der Waals surface area contributed by atoms with Crippen LogP contribution in [-0.2, 0) is 0 Å². The van der Waals surface area contributed by atoms with Gasteiger partial charge in [0.2, 0.25) is 5.76 Å². The Kier molecular flexibility index (Phi) is 5.14. The molecule has 3 heterocycles. The molecule has 6 nitrogen and oxygen atoms in total. The number of benzene rings is 2. The molecule has 0 radical (unpaired) electrons. The van der Waals surface area contributed by atoms with Crippen molar-refractivity contribution in [1.82, 2.24) is 4.98 Å². The molecule has 1 aliphatic rings. The molecule has 5 rings (SSSR count). The minimum atomic E-state index is -0.641. The maximum absolute atomic E-state index is 13.6. The average Bonchev–Trinajstić information content (AvgIpc) is 3.26. The van der Waals surface area contributed by atoms with Crippen LogP contribution in [0, 0.1) is 13.8 Å². The highest BCUT2D eigenvalue weighted by molar-refractivity contribution is 9.10. The van der Waals surface area contributed by atoms with Crippen molar-refractivity contribution < 1.29 is 13.9 Å². The Hall–Kier alpha value is -2.97. The van der Waals surface area contributed by atoms with Crippen molar-refractivity contribution in [3.05, 3.63) is 84.6 Å². The number of halogens is 1. The Bertz CT molecular complexity index is 1410. The fourth-order valence-electron chi connectivity index (χ4n) is 3.93. The summed E-state index contributed by atoms with van der Waals surface area (Å²) in [7, 11) is 0. The second-order valence-corrected chi connectivity index (χ2v) is 9.63. The van der Waals surface area contributed by atoms with E-state index in [1.54, 1.807) is 23.1 Å². The van der Waals surface area contributed by atoms with Crippen molar-refractivity contribution in [3.8, 4) is 5.75 Å². The summed E-state index contributed by atoms with van der Waals surface area (Å²) in [6, 6.07) is 12.0. The number of ether oxygens (including phenoxy) is 1. The number of fused-ring (bicyclic) bond motifs is 2. The van der Waals surface area contributed by atoms with Crippen LogP contribution in [-0.4, -0.2) is 17.5 Å². The van der Waals surface area contributed by atoms with E-state index in [9.17, 15) is 9.59 Å². The lowest BCUT2D eigenvalue weighted by atomic mass is 9.98. The summed E-state index contributed by atoms with van der Waals surface area (Å²) in [5.74, 6) is 0.423. The smallest absolute Gasteiger partial charge is 0.297 e. The molecule has 2 aromatic carbocycles. The van der Waals surface area contributed by atoms with Crippen molar-refractivity contribution >= 4 is 49.3 Å². The van der Waals surface area contributed by atoms with Crippen LogP contribution in [0.5, 0.6) is 5.75 Å². The number of aryl methyl sites for hydroxylation is 2. The molecule has 0 unspecified atom stereocenters. The summed E-state index contributed by atoms with van der Waals surface area (Å²) in [6.45, 7) is 6.34. The maximum Gasteiger partial charge on any atom is 0.297 e. The normalized spacial score (nSPS) is 15.4. The van der Waals surface area contributed by atoms with Crippen molar-refractivity contribution in [2.45, 2.75) is 26.8 Å². The molecule has 0 bridgehead atoms. The summed E-state index contributed by atoms with van der Waals surface area (Å²) < 4.78 is 12.3. The number of carbonyl (C=O) groups excluding carboxylic acids is 1. The van der Waals surface area contributed by atoms with Gasteiger partial charge < -0.3 is 9.15 Å². The minimum Gasteiger partial charge on any atom is -0.494 e. The molecule has 2 aromatic heterocycles. The first kappa shape index (κ1) is 20.9. The SMILES string of the molecule is CCOc1ccc([C@H]2c3c(oc4ccc(Br)cc4c3=O)C(=O)N2c2nc(C)c(C)s2)cc1. The Balaban J connectivity index is 1.77. The first-order valence-corrected chi connectivity index (χ1v) is 11.8. The number of thiazole rings is 1. The Morgan fingerprint density at radius 3 is 2.56 bits per heavy atom. The van der Waals surface area contributed by atoms with Gasteiger partial charge in [0.15, 0.2) is 10.6 Å². The number of hydrogen-bond donors (Lipinski definition) is 0. The number of nitrogens with zero attached hydrogens (tertiary/aromatic N) is 2. The number of aromatic nitrogens is 1. The van der Waals surface area contributed by atoms with Gasteiger partial charge in [-0.1, -0.05) is 28.1 Å². The van der Waals surface area contributed by atoms with Crippen molar-refractivity contribution in [3.63, 3.8) is 0 Å². The lowest BCUT2D eigenvalue weighted by Gasteiger charge is -2.22. The van der Waals surface area contributed by atoms with E-state index < -0.39 is 6.04 Å². The third-order valence-corrected chi connectivity index (χ3v) is 7.13. The van der Waals surface area contributed by atoms with Crippen LogP contribution in [0.4, 0.5) is 5.13 Å². The Labute approximate surface area is 196 Å². The van der Waals surface area contributed by atoms with Gasteiger partial charge in [0.1, 0.15) is 11.3 Å². The Morgan fingerprint density at radius 2 is 1.91 bits per heavy atom. The third-order valence-electron chi connectivity index (χ3n) is 5.56. The van der Waals surface area contributed by atoms with E-state index in [4.69, 9.17) is 9.15 Å². The van der Waals surface area contributed by atoms with E-state index in [1.165, 1.54) is 11.3 Å². The van der Waals surface area contributed by atoms with Crippen molar-refractivity contribution in [1.29, 1.82) is 0 Å². The van der Waals surface area contributed by atoms with Gasteiger partial charge >= 0.3 is 0 Å². The molecular weight excluding hydrogens is 492 g/mol. The minimum absolute atomic E-state index is 0.0641. The number of anilines is 1. The second kappa shape index (κ2) is 7.86. The predicted octanol–water partition coefficient (Wildman–Crippen LogP) is 5.78. The molecule has 1 amide bonds. The second-order valence-electron chi connectivity index (χ2n) is 7.53. The quantitative estimate of drug-likeness (QED) is 0.348. The van der Waals surface area contributed by atoms with Crippen molar-refractivity contribution in [2.75, 3.05) is 11.5 Å². The third kappa shape index (κ3) is 3.25. The van der Waals surface area contributed by atoms with Crippen LogP contribution in [0.2, 0.25) is 0 Å². The van der Waals surface area contributed by atoms with Crippen LogP contribution in [0.25, 0.3) is 11.0 Å². The lowest BCUT2D eigenvalue weighted by Crippen LogP contribution is -2.29. The molecule has 0 saturated carbocycles. The molecule has 0 fully saturated rings. The van der Waals surface area contributed by atoms with Gasteiger partial charge in [-0.25, -0.2) is 4.98 Å². The van der Waals surface area contributed by atoms with E-state index in [0.29, 0.717) is 28.3 Å². The first-order valence-electron chi connectivity index (χ1n) is 10.2. The molecule has 32 heavy (non-hydrogen) atoms. The average molecular weight is 511 g/mol. The highest BCUT2D eigenvalue weighted by Crippen LogP contribution is 2.43. The molecule has 1 aliphatic heterocycles. The molecule has 8 heteroatoms. The highest BCUT2D eigenvalue weighted by Gasteiger charge is 2.45. The standard InChI is InChI=1S/C24H19BrN2O4S/c1-4-30-16-8-5-14(6-9-16)20-19-21(28)17-11-15(25)7-10-18(17)31-22(19)23(29)27(20)24-26-12(2)13(3)32-24/h5-11,20H,4H2,1-3H3/t20-/m0/s1. The maximum atomic E-state index is 13.6. The lowest BCUT2D eigenvalue weighted by molar-refractivity contribution is 0.0971. The molecule has 0 N–H and O–H groups in total. The fourth-order valence-corrected chi connectivity index (χ4v) is 5.23. The largest absolute Gasteiger partial charge is 0.494 e. The summed E-state index contributed by atoms with van der Waals surface area (Å²) in [5, 5.41) is 0.968. The zero-order valence-corrected chi connectivity index (χ0v) is 20.0. The molecule has 4 aromatic rings. The fraction of sp³-hybridized carbons (Fsp3) is 0.208. The van der Waals surface area contributed by atoms with E-state index in [1.807, 2.05) is 45.0 Å². The first-order chi connectivity index (χ1) is 15.4. The van der Waals surface area contributed by atoms with E-state index in [2.05, 4.69) is 20.9 Å². The van der Waals surface area contributed by atoms with E-state index in [-0.39, 0.29) is 17.1 Å². The van der Waals surface area contributed by atoms with Crippen LogP contribution in [0.3, 0.4) is 0 Å². The topological polar surface area (TPSA) is 72.6 Å². The van der Waals surface area contributed by atoms with Crippen LogP contribution < -0.4 is 15.1 Å². The molecule has 1 atom stereocenters. The number of hydrogen-bond acceptors (Lipinski definition) is 6. The number of amides is 1. The Morgan fingerprint density at radius 1 is 1.16 bits per heavy atom. The molecule has 0 spiro atoms. The van der Waals surface area contributed by atoms with Crippen LogP contribution in [0.15, 0.2) is 56.1 Å². The zero-order valence-electron chi connectivity index (χ0n) is 17.6. The van der Waals surface area contributed by atoms with Crippen LogP contribution >= 0.6 is 27.3 Å². The number of rotatable bonds is 4. The molecule has 162 valence electrons. The van der Waals surface area contributed by atoms with Crippen LogP contribution in [0.1, 0.15) is 45.2 Å². The van der Waals surface area contributed by atoms with Gasteiger partial charge in [0.05, 0.1) is 29.3 Å². The summed E-state index contributed by atoms with van der Waals surface area (Å²) >= 11 is 4.85. The van der Waals surface area contributed by atoms with E-state index >= 15 is 0 Å². The van der Waals surface area contributed by atoms with E-state index in [0.717, 1.165) is 26.4 Å². The van der Waals surface area contributed by atoms with Gasteiger partial charge in [-0.3, -0.25) is 14.5 Å². The summed E-state index contributed by atoms with van der Waals surface area (Å²) in [4.78, 5) is 34.4. The molecule has 0 aliphatic carbocycles. The monoisotopic (exact) mass is 510 g/mol. The van der Waals surface area contributed by atoms with Gasteiger partial charge in [-0.15, -0.1) is 11.3 Å². The molecular formula is C24H19BrN2O4S. The van der Waals surface area contributed by atoms with Gasteiger partial charge in [0, 0.05) is 9.35 Å². The predicted molar refractivity (Wildman–Crippen MR) is 128 cm³/mol. The molecule has 0 saturated heterocycles. The summed E-state index contributed by atoms with van der Waals surface area (Å²) in [5.41, 5.74) is 2.13. The zero-order chi connectivity index (χ0) is 22.6. The van der Waals surface area contributed by atoms with Gasteiger partial charge in [-0.05, 0) is 56.7 Å². The number of carbonyl (C=O) groups is 1. The van der Waals surface area contributed by atoms with Crippen molar-refractivity contribution in [2.24, 2.45) is 0 Å². The van der Waals surface area contributed by atoms with Gasteiger partial charge in [-0.2, -0.15) is 0 Å².